The molecule has 146 valence electrons. The fraction of sp³-hybridized carbons (Fsp3) is 0.423. The minimum Gasteiger partial charge on any atom is -0.478 e. The maximum Gasteiger partial charge on any atom is 0.335 e. The van der Waals surface area contributed by atoms with Gasteiger partial charge in [0.1, 0.15) is 0 Å². The first-order chi connectivity index (χ1) is 13.2. The van der Waals surface area contributed by atoms with Crippen molar-refractivity contribution in [3.63, 3.8) is 0 Å². The summed E-state index contributed by atoms with van der Waals surface area (Å²) in [5, 5.41) is 9.16. The largest absolute Gasteiger partial charge is 0.478 e. The zero-order valence-corrected chi connectivity index (χ0v) is 17.4. The van der Waals surface area contributed by atoms with Crippen molar-refractivity contribution in [1.29, 1.82) is 0 Å². The molecule has 0 heterocycles. The molecule has 1 atom stereocenters. The third-order valence-corrected chi connectivity index (χ3v) is 6.94. The number of aromatic carboxylic acids is 1. The first-order valence-electron chi connectivity index (χ1n) is 10.4. The van der Waals surface area contributed by atoms with Crippen LogP contribution in [0.2, 0.25) is 0 Å². The van der Waals surface area contributed by atoms with Gasteiger partial charge in [-0.3, -0.25) is 0 Å². The molecule has 2 nitrogen and oxygen atoms in total. The van der Waals surface area contributed by atoms with Crippen molar-refractivity contribution in [2.24, 2.45) is 0 Å². The number of fused-ring (bicyclic) bond motifs is 1. The number of benzene rings is 2. The molecule has 28 heavy (non-hydrogen) atoms. The monoisotopic (exact) mass is 374 g/mol. The molecule has 2 aromatic carbocycles. The highest BCUT2D eigenvalue weighted by molar-refractivity contribution is 5.88. The SMILES string of the molecule is CC1(C)CCC(C)(C)c2cc(C3CCC=C3c3ccc(C(=O)O)cc3)ccc21. The van der Waals surface area contributed by atoms with Crippen LogP contribution in [0.5, 0.6) is 0 Å². The summed E-state index contributed by atoms with van der Waals surface area (Å²) in [4.78, 5) is 11.2. The van der Waals surface area contributed by atoms with E-state index in [9.17, 15) is 4.79 Å². The summed E-state index contributed by atoms with van der Waals surface area (Å²) in [7, 11) is 0. The molecule has 2 aliphatic rings. The standard InChI is InChI=1S/C26H30O2/c1-25(2)14-15-26(3,4)23-16-19(12-13-22(23)25)21-7-5-6-20(21)17-8-10-18(11-9-17)24(27)28/h6,8-13,16,21H,5,7,14-15H2,1-4H3,(H,27,28). The van der Waals surface area contributed by atoms with Crippen LogP contribution in [0.4, 0.5) is 0 Å². The van der Waals surface area contributed by atoms with Gasteiger partial charge >= 0.3 is 5.97 Å². The average Bonchev–Trinajstić information content (AvgIpc) is 3.15. The van der Waals surface area contributed by atoms with Crippen LogP contribution in [0.25, 0.3) is 5.57 Å². The van der Waals surface area contributed by atoms with Crippen LogP contribution in [0, 0.1) is 0 Å². The Hall–Kier alpha value is -2.35. The second kappa shape index (κ2) is 6.62. The highest BCUT2D eigenvalue weighted by atomic mass is 16.4. The van der Waals surface area contributed by atoms with Crippen LogP contribution in [0.1, 0.15) is 91.9 Å². The van der Waals surface area contributed by atoms with E-state index in [2.05, 4.69) is 52.0 Å². The second-order valence-electron chi connectivity index (χ2n) is 9.74. The molecular weight excluding hydrogens is 344 g/mol. The van der Waals surface area contributed by atoms with Gasteiger partial charge in [0.25, 0.3) is 0 Å². The van der Waals surface area contributed by atoms with Crippen molar-refractivity contribution in [2.75, 3.05) is 0 Å². The third kappa shape index (κ3) is 3.19. The number of rotatable bonds is 3. The van der Waals surface area contributed by atoms with Gasteiger partial charge in [-0.1, -0.05) is 64.1 Å². The van der Waals surface area contributed by atoms with Gasteiger partial charge in [-0.25, -0.2) is 4.79 Å². The number of allylic oxidation sites excluding steroid dienone is 2. The Morgan fingerprint density at radius 1 is 0.929 bits per heavy atom. The molecule has 0 amide bonds. The highest BCUT2D eigenvalue weighted by Crippen LogP contribution is 2.48. The minimum absolute atomic E-state index is 0.215. The van der Waals surface area contributed by atoms with Gasteiger partial charge in [0.05, 0.1) is 5.56 Å². The Morgan fingerprint density at radius 3 is 2.21 bits per heavy atom. The van der Waals surface area contributed by atoms with E-state index in [1.807, 2.05) is 12.1 Å². The van der Waals surface area contributed by atoms with Crippen molar-refractivity contribution in [2.45, 2.75) is 70.1 Å². The average molecular weight is 375 g/mol. The molecule has 0 bridgehead atoms. The Morgan fingerprint density at radius 2 is 1.57 bits per heavy atom. The number of carboxylic acid groups (broad SMARTS) is 1. The third-order valence-electron chi connectivity index (χ3n) is 6.94. The fourth-order valence-corrected chi connectivity index (χ4v) is 5.00. The lowest BCUT2D eigenvalue weighted by Crippen LogP contribution is -2.34. The molecular formula is C26H30O2. The van der Waals surface area contributed by atoms with E-state index < -0.39 is 5.97 Å². The van der Waals surface area contributed by atoms with Crippen molar-refractivity contribution >= 4 is 11.5 Å². The molecule has 0 radical (unpaired) electrons. The van der Waals surface area contributed by atoms with E-state index in [-0.39, 0.29) is 10.8 Å². The normalized spacial score (nSPS) is 22.4. The van der Waals surface area contributed by atoms with E-state index in [0.29, 0.717) is 11.5 Å². The predicted octanol–water partition coefficient (Wildman–Crippen LogP) is 6.69. The Labute approximate surface area is 168 Å². The van der Waals surface area contributed by atoms with E-state index in [1.54, 1.807) is 12.1 Å². The lowest BCUT2D eigenvalue weighted by Gasteiger charge is -2.42. The molecule has 1 N–H and O–H groups in total. The van der Waals surface area contributed by atoms with Crippen LogP contribution in [-0.2, 0) is 10.8 Å². The quantitative estimate of drug-likeness (QED) is 0.649. The second-order valence-corrected chi connectivity index (χ2v) is 9.74. The Balaban J connectivity index is 1.71. The van der Waals surface area contributed by atoms with Crippen LogP contribution in [-0.4, -0.2) is 11.1 Å². The van der Waals surface area contributed by atoms with Gasteiger partial charge in [0.15, 0.2) is 0 Å². The molecule has 2 aliphatic carbocycles. The summed E-state index contributed by atoms with van der Waals surface area (Å²) < 4.78 is 0. The fourth-order valence-electron chi connectivity index (χ4n) is 5.00. The molecule has 0 aromatic heterocycles. The molecule has 0 spiro atoms. The minimum atomic E-state index is -0.872. The summed E-state index contributed by atoms with van der Waals surface area (Å²) in [5.41, 5.74) is 7.69. The molecule has 0 fully saturated rings. The van der Waals surface area contributed by atoms with E-state index in [4.69, 9.17) is 5.11 Å². The van der Waals surface area contributed by atoms with E-state index in [0.717, 1.165) is 18.4 Å². The van der Waals surface area contributed by atoms with Crippen LogP contribution in [0.3, 0.4) is 0 Å². The zero-order valence-electron chi connectivity index (χ0n) is 17.4. The first-order valence-corrected chi connectivity index (χ1v) is 10.4. The summed E-state index contributed by atoms with van der Waals surface area (Å²) >= 11 is 0. The van der Waals surface area contributed by atoms with Gasteiger partial charge < -0.3 is 5.11 Å². The molecule has 2 heteroatoms. The van der Waals surface area contributed by atoms with Gasteiger partial charge in [0.2, 0.25) is 0 Å². The van der Waals surface area contributed by atoms with Gasteiger partial charge in [-0.15, -0.1) is 0 Å². The highest BCUT2D eigenvalue weighted by Gasteiger charge is 2.37. The number of carbonyl (C=O) groups is 1. The zero-order chi connectivity index (χ0) is 20.1. The van der Waals surface area contributed by atoms with Crippen molar-refractivity contribution in [3.8, 4) is 0 Å². The van der Waals surface area contributed by atoms with Gasteiger partial charge in [0, 0.05) is 5.92 Å². The number of hydrogen-bond donors (Lipinski definition) is 1. The van der Waals surface area contributed by atoms with Crippen molar-refractivity contribution in [3.05, 3.63) is 76.4 Å². The van der Waals surface area contributed by atoms with Crippen LogP contribution >= 0.6 is 0 Å². The van der Waals surface area contributed by atoms with Crippen molar-refractivity contribution < 1.29 is 9.90 Å². The summed E-state index contributed by atoms with van der Waals surface area (Å²) in [6, 6.07) is 14.5. The summed E-state index contributed by atoms with van der Waals surface area (Å²) in [6.07, 6.45) is 6.98. The molecule has 0 saturated heterocycles. The number of hydrogen-bond acceptors (Lipinski definition) is 1. The molecule has 2 aromatic rings. The maximum absolute atomic E-state index is 11.2. The van der Waals surface area contributed by atoms with Gasteiger partial charge in [-0.05, 0) is 76.5 Å². The predicted molar refractivity (Wildman–Crippen MR) is 115 cm³/mol. The lowest BCUT2D eigenvalue weighted by molar-refractivity contribution is 0.0697. The lowest BCUT2D eigenvalue weighted by atomic mass is 9.62. The Kier molecular flexibility index (Phi) is 4.49. The number of carboxylic acids is 1. The molecule has 0 saturated carbocycles. The van der Waals surface area contributed by atoms with E-state index in [1.165, 1.54) is 35.1 Å². The first kappa shape index (κ1) is 19.0. The van der Waals surface area contributed by atoms with Crippen LogP contribution < -0.4 is 0 Å². The van der Waals surface area contributed by atoms with Crippen molar-refractivity contribution in [1.82, 2.24) is 0 Å². The van der Waals surface area contributed by atoms with Crippen LogP contribution in [0.15, 0.2) is 48.5 Å². The molecule has 1 unspecified atom stereocenters. The Bertz CT molecular complexity index is 945. The molecule has 4 rings (SSSR count). The smallest absolute Gasteiger partial charge is 0.335 e. The topological polar surface area (TPSA) is 37.3 Å². The molecule has 0 aliphatic heterocycles. The maximum atomic E-state index is 11.2. The summed E-state index contributed by atoms with van der Waals surface area (Å²) in [6.45, 7) is 9.49. The summed E-state index contributed by atoms with van der Waals surface area (Å²) in [5.74, 6) is -0.482. The van der Waals surface area contributed by atoms with E-state index >= 15 is 0 Å². The van der Waals surface area contributed by atoms with Gasteiger partial charge in [-0.2, -0.15) is 0 Å².